The van der Waals surface area contributed by atoms with E-state index in [0.29, 0.717) is 18.3 Å². The van der Waals surface area contributed by atoms with Crippen molar-refractivity contribution in [3.63, 3.8) is 0 Å². The standard InChI is InChI=1S/C16H22N4O/c1-20(10-12-6-4-5-9-17-12)11-15-16(21)19-14-8-3-2-7-13(14)18-15/h2-3,7-8,12,17H,4-6,9-11H2,1H3,(H,19,21). The molecule has 0 radical (unpaired) electrons. The van der Waals surface area contributed by atoms with Gasteiger partial charge in [-0.1, -0.05) is 18.6 Å². The van der Waals surface area contributed by atoms with Gasteiger partial charge in [-0.2, -0.15) is 0 Å². The lowest BCUT2D eigenvalue weighted by molar-refractivity contribution is 0.254. The Morgan fingerprint density at radius 1 is 1.33 bits per heavy atom. The zero-order valence-corrected chi connectivity index (χ0v) is 12.4. The number of rotatable bonds is 4. The van der Waals surface area contributed by atoms with Crippen LogP contribution in [0.3, 0.4) is 0 Å². The van der Waals surface area contributed by atoms with Gasteiger partial charge >= 0.3 is 0 Å². The maximum Gasteiger partial charge on any atom is 0.271 e. The van der Waals surface area contributed by atoms with Gasteiger partial charge in [-0.05, 0) is 38.6 Å². The molecule has 1 atom stereocenters. The van der Waals surface area contributed by atoms with Gasteiger partial charge in [0.25, 0.3) is 5.56 Å². The maximum absolute atomic E-state index is 12.1. The van der Waals surface area contributed by atoms with Crippen molar-refractivity contribution < 1.29 is 0 Å². The molecule has 21 heavy (non-hydrogen) atoms. The van der Waals surface area contributed by atoms with E-state index >= 15 is 0 Å². The van der Waals surface area contributed by atoms with Crippen molar-refractivity contribution in [1.82, 2.24) is 20.2 Å². The van der Waals surface area contributed by atoms with Gasteiger partial charge in [0.05, 0.1) is 11.0 Å². The van der Waals surface area contributed by atoms with Gasteiger partial charge in [-0.3, -0.25) is 9.69 Å². The second-order valence-corrected chi connectivity index (χ2v) is 5.87. The molecule has 5 heteroatoms. The van der Waals surface area contributed by atoms with Gasteiger partial charge in [0, 0.05) is 19.1 Å². The highest BCUT2D eigenvalue weighted by Gasteiger charge is 2.16. The molecule has 2 aromatic rings. The van der Waals surface area contributed by atoms with E-state index in [9.17, 15) is 4.79 Å². The molecule has 1 fully saturated rings. The third kappa shape index (κ3) is 3.49. The number of aromatic amines is 1. The Labute approximate surface area is 124 Å². The molecule has 0 amide bonds. The number of nitrogens with one attached hydrogen (secondary N) is 2. The maximum atomic E-state index is 12.1. The first kappa shape index (κ1) is 14.2. The molecular formula is C16H22N4O. The molecule has 2 heterocycles. The smallest absolute Gasteiger partial charge is 0.271 e. The summed E-state index contributed by atoms with van der Waals surface area (Å²) in [6, 6.07) is 8.18. The molecule has 2 N–H and O–H groups in total. The Bertz CT molecular complexity index is 661. The van der Waals surface area contributed by atoms with Crippen molar-refractivity contribution in [2.45, 2.75) is 31.8 Å². The third-order valence-corrected chi connectivity index (χ3v) is 4.03. The average molecular weight is 286 g/mol. The largest absolute Gasteiger partial charge is 0.319 e. The van der Waals surface area contributed by atoms with Crippen molar-refractivity contribution in [1.29, 1.82) is 0 Å². The van der Waals surface area contributed by atoms with E-state index in [4.69, 9.17) is 0 Å². The van der Waals surface area contributed by atoms with Crippen LogP contribution in [0.4, 0.5) is 0 Å². The number of H-pyrrole nitrogens is 1. The van der Waals surface area contributed by atoms with E-state index in [2.05, 4.69) is 20.2 Å². The molecule has 0 bridgehead atoms. The van der Waals surface area contributed by atoms with Crippen molar-refractivity contribution in [3.05, 3.63) is 40.3 Å². The Morgan fingerprint density at radius 2 is 2.19 bits per heavy atom. The van der Waals surface area contributed by atoms with Crippen LogP contribution in [-0.2, 0) is 6.54 Å². The lowest BCUT2D eigenvalue weighted by Crippen LogP contribution is -2.42. The van der Waals surface area contributed by atoms with Crippen LogP contribution < -0.4 is 10.9 Å². The fourth-order valence-electron chi connectivity index (χ4n) is 2.95. The van der Waals surface area contributed by atoms with Gasteiger partial charge < -0.3 is 10.3 Å². The summed E-state index contributed by atoms with van der Waals surface area (Å²) in [5.41, 5.74) is 2.14. The molecular weight excluding hydrogens is 264 g/mol. The van der Waals surface area contributed by atoms with Crippen LogP contribution in [0.5, 0.6) is 0 Å². The predicted molar refractivity (Wildman–Crippen MR) is 84.3 cm³/mol. The van der Waals surface area contributed by atoms with E-state index in [1.807, 2.05) is 31.3 Å². The minimum absolute atomic E-state index is 0.0860. The molecule has 0 aliphatic carbocycles. The number of para-hydroxylation sites is 2. The Kier molecular flexibility index (Phi) is 4.31. The SMILES string of the molecule is CN(Cc1nc2ccccc2[nH]c1=O)CC1CCCCN1. The zero-order chi connectivity index (χ0) is 14.7. The Balaban J connectivity index is 1.71. The minimum atomic E-state index is -0.0860. The van der Waals surface area contributed by atoms with Crippen molar-refractivity contribution in [2.24, 2.45) is 0 Å². The molecule has 1 aromatic carbocycles. The summed E-state index contributed by atoms with van der Waals surface area (Å²) in [6.07, 6.45) is 3.78. The first-order valence-electron chi connectivity index (χ1n) is 7.62. The van der Waals surface area contributed by atoms with Crippen LogP contribution in [0.1, 0.15) is 25.0 Å². The highest BCUT2D eigenvalue weighted by molar-refractivity contribution is 5.73. The number of aromatic nitrogens is 2. The molecule has 1 saturated heterocycles. The van der Waals surface area contributed by atoms with E-state index in [1.54, 1.807) is 0 Å². The number of piperidine rings is 1. The van der Waals surface area contributed by atoms with Gasteiger partial charge in [-0.25, -0.2) is 4.98 Å². The van der Waals surface area contributed by atoms with Crippen molar-refractivity contribution in [2.75, 3.05) is 20.1 Å². The highest BCUT2D eigenvalue weighted by atomic mass is 16.1. The van der Waals surface area contributed by atoms with Crippen LogP contribution in [0.25, 0.3) is 11.0 Å². The van der Waals surface area contributed by atoms with E-state index < -0.39 is 0 Å². The first-order valence-corrected chi connectivity index (χ1v) is 7.62. The summed E-state index contributed by atoms with van der Waals surface area (Å²) in [5, 5.41) is 3.53. The lowest BCUT2D eigenvalue weighted by Gasteiger charge is -2.27. The van der Waals surface area contributed by atoms with E-state index in [1.165, 1.54) is 19.3 Å². The predicted octanol–water partition coefficient (Wildman–Crippen LogP) is 1.50. The lowest BCUT2D eigenvalue weighted by atomic mass is 10.0. The Morgan fingerprint density at radius 3 is 3.00 bits per heavy atom. The topological polar surface area (TPSA) is 61.0 Å². The molecule has 1 aliphatic rings. The quantitative estimate of drug-likeness (QED) is 0.894. The van der Waals surface area contributed by atoms with Crippen LogP contribution in [0.15, 0.2) is 29.1 Å². The van der Waals surface area contributed by atoms with E-state index in [-0.39, 0.29) is 5.56 Å². The summed E-state index contributed by atoms with van der Waals surface area (Å²) < 4.78 is 0. The number of benzene rings is 1. The van der Waals surface area contributed by atoms with Crippen LogP contribution in [0, 0.1) is 0 Å². The highest BCUT2D eigenvalue weighted by Crippen LogP contribution is 2.10. The van der Waals surface area contributed by atoms with Gasteiger partial charge in [0.15, 0.2) is 0 Å². The van der Waals surface area contributed by atoms with Gasteiger partial charge in [-0.15, -0.1) is 0 Å². The summed E-state index contributed by atoms with van der Waals surface area (Å²) >= 11 is 0. The van der Waals surface area contributed by atoms with Crippen molar-refractivity contribution in [3.8, 4) is 0 Å². The van der Waals surface area contributed by atoms with Crippen LogP contribution in [0.2, 0.25) is 0 Å². The van der Waals surface area contributed by atoms with Gasteiger partial charge in [0.2, 0.25) is 0 Å². The van der Waals surface area contributed by atoms with Gasteiger partial charge in [0.1, 0.15) is 5.69 Å². The van der Waals surface area contributed by atoms with Crippen molar-refractivity contribution >= 4 is 11.0 Å². The molecule has 0 saturated carbocycles. The first-order chi connectivity index (χ1) is 10.2. The second kappa shape index (κ2) is 6.37. The summed E-state index contributed by atoms with van der Waals surface area (Å²) in [5.74, 6) is 0. The summed E-state index contributed by atoms with van der Waals surface area (Å²) in [4.78, 5) is 21.7. The molecule has 0 spiro atoms. The molecule has 1 unspecified atom stereocenters. The number of hydrogen-bond acceptors (Lipinski definition) is 4. The summed E-state index contributed by atoms with van der Waals surface area (Å²) in [7, 11) is 2.05. The number of likely N-dealkylation sites (N-methyl/N-ethyl adjacent to an activating group) is 1. The second-order valence-electron chi connectivity index (χ2n) is 5.87. The minimum Gasteiger partial charge on any atom is -0.319 e. The zero-order valence-electron chi connectivity index (χ0n) is 12.4. The molecule has 1 aliphatic heterocycles. The number of fused-ring (bicyclic) bond motifs is 1. The normalized spacial score (nSPS) is 19.2. The third-order valence-electron chi connectivity index (χ3n) is 4.03. The van der Waals surface area contributed by atoms with Crippen LogP contribution in [-0.4, -0.2) is 41.0 Å². The fourth-order valence-corrected chi connectivity index (χ4v) is 2.95. The van der Waals surface area contributed by atoms with Crippen LogP contribution >= 0.6 is 0 Å². The average Bonchev–Trinajstić information content (AvgIpc) is 2.49. The van der Waals surface area contributed by atoms with E-state index in [0.717, 1.165) is 24.1 Å². The number of hydrogen-bond donors (Lipinski definition) is 2. The fraction of sp³-hybridized carbons (Fsp3) is 0.500. The molecule has 3 rings (SSSR count). The number of nitrogens with zero attached hydrogens (tertiary/aromatic N) is 2. The molecule has 112 valence electrons. The molecule has 1 aromatic heterocycles. The molecule has 5 nitrogen and oxygen atoms in total. The summed E-state index contributed by atoms with van der Waals surface area (Å²) in [6.45, 7) is 2.64. The monoisotopic (exact) mass is 286 g/mol. The Hall–Kier alpha value is -1.72.